The van der Waals surface area contributed by atoms with Crippen LogP contribution in [0.5, 0.6) is 5.75 Å². The lowest BCUT2D eigenvalue weighted by molar-refractivity contribution is -0.139. The van der Waals surface area contributed by atoms with Crippen LogP contribution in [0.25, 0.3) is 27.8 Å². The maximum atomic E-state index is 14.3. The van der Waals surface area contributed by atoms with E-state index in [0.29, 0.717) is 26.4 Å². The van der Waals surface area contributed by atoms with Crippen molar-refractivity contribution < 1.29 is 14.3 Å². The van der Waals surface area contributed by atoms with Crippen LogP contribution in [0.15, 0.2) is 81.7 Å². The van der Waals surface area contributed by atoms with Crippen molar-refractivity contribution in [3.63, 3.8) is 0 Å². The van der Waals surface area contributed by atoms with Crippen LogP contribution in [0.4, 0.5) is 0 Å². The lowest BCUT2D eigenvalue weighted by atomic mass is 9.90. The second kappa shape index (κ2) is 9.95. The largest absolute Gasteiger partial charge is 0.496 e. The smallest absolute Gasteiger partial charge is 0.338 e. The van der Waals surface area contributed by atoms with Crippen LogP contribution in [0.1, 0.15) is 36.7 Å². The summed E-state index contributed by atoms with van der Waals surface area (Å²) in [5.41, 5.74) is 4.51. The third-order valence-corrected chi connectivity index (χ3v) is 8.65. The third-order valence-electron chi connectivity index (χ3n) is 7.66. The summed E-state index contributed by atoms with van der Waals surface area (Å²) in [4.78, 5) is 33.0. The van der Waals surface area contributed by atoms with Crippen LogP contribution in [-0.2, 0) is 16.6 Å². The number of benzene rings is 3. The number of rotatable bonds is 5. The molecule has 6 rings (SSSR count). The van der Waals surface area contributed by atoms with E-state index in [1.54, 1.807) is 25.5 Å². The van der Waals surface area contributed by atoms with E-state index in [0.717, 1.165) is 38.5 Å². The van der Waals surface area contributed by atoms with Gasteiger partial charge >= 0.3 is 5.97 Å². The fourth-order valence-electron chi connectivity index (χ4n) is 5.66. The van der Waals surface area contributed by atoms with E-state index < -0.39 is 12.0 Å². The average molecular weight is 552 g/mol. The molecule has 1 atom stereocenters. The minimum atomic E-state index is -0.771. The number of carbonyl (C=O) groups is 1. The van der Waals surface area contributed by atoms with Gasteiger partial charge in [-0.3, -0.25) is 9.36 Å². The van der Waals surface area contributed by atoms with Gasteiger partial charge in [-0.1, -0.05) is 59.9 Å². The molecular formula is C32H29N3O4S. The quantitative estimate of drug-likeness (QED) is 0.295. The molecule has 8 heteroatoms. The molecule has 1 aliphatic rings. The number of hydrogen-bond acceptors (Lipinski definition) is 6. The summed E-state index contributed by atoms with van der Waals surface area (Å²) in [5, 5.41) is 2.94. The molecule has 0 saturated carbocycles. The summed E-state index contributed by atoms with van der Waals surface area (Å²) >= 11 is 1.32. The lowest BCUT2D eigenvalue weighted by Gasteiger charge is -2.27. The number of nitrogens with zero attached hydrogens (tertiary/aromatic N) is 3. The molecule has 3 aromatic carbocycles. The van der Waals surface area contributed by atoms with E-state index in [9.17, 15) is 9.59 Å². The number of fused-ring (bicyclic) bond motifs is 3. The molecule has 202 valence electrons. The van der Waals surface area contributed by atoms with Crippen LogP contribution < -0.4 is 19.6 Å². The Labute approximate surface area is 234 Å². The predicted molar refractivity (Wildman–Crippen MR) is 159 cm³/mol. The van der Waals surface area contributed by atoms with Gasteiger partial charge in [0.2, 0.25) is 0 Å². The summed E-state index contributed by atoms with van der Waals surface area (Å²) in [6, 6.07) is 19.1. The van der Waals surface area contributed by atoms with Crippen LogP contribution in [0, 0.1) is 6.92 Å². The van der Waals surface area contributed by atoms with Crippen molar-refractivity contribution in [3.05, 3.63) is 108 Å². The minimum Gasteiger partial charge on any atom is -0.496 e. The predicted octanol–water partition coefficient (Wildman–Crippen LogP) is 4.76. The molecule has 0 N–H and O–H groups in total. The van der Waals surface area contributed by atoms with Gasteiger partial charge in [0, 0.05) is 34.8 Å². The van der Waals surface area contributed by atoms with E-state index in [1.807, 2.05) is 61.7 Å². The molecule has 7 nitrogen and oxygen atoms in total. The first-order valence-corrected chi connectivity index (χ1v) is 14.0. The van der Waals surface area contributed by atoms with Crippen molar-refractivity contribution in [3.8, 4) is 5.75 Å². The zero-order valence-electron chi connectivity index (χ0n) is 23.0. The number of carbonyl (C=O) groups excluding carboxylic acids is 1. The number of thiazole rings is 1. The first kappa shape index (κ1) is 25.8. The fraction of sp³-hybridized carbons (Fsp3) is 0.219. The highest BCUT2D eigenvalue weighted by Crippen LogP contribution is 2.40. The Bertz CT molecular complexity index is 2040. The van der Waals surface area contributed by atoms with Crippen molar-refractivity contribution >= 4 is 45.1 Å². The van der Waals surface area contributed by atoms with Crippen molar-refractivity contribution in [1.29, 1.82) is 0 Å². The number of hydrogen-bond donors (Lipinski definition) is 0. The van der Waals surface area contributed by atoms with Crippen LogP contribution in [0.3, 0.4) is 0 Å². The average Bonchev–Trinajstić information content (AvgIpc) is 3.40. The van der Waals surface area contributed by atoms with Crippen LogP contribution >= 0.6 is 11.3 Å². The van der Waals surface area contributed by atoms with Gasteiger partial charge in [-0.05, 0) is 49.8 Å². The molecule has 0 fully saturated rings. The number of esters is 1. The Morgan fingerprint density at radius 3 is 2.52 bits per heavy atom. The number of ether oxygens (including phenoxy) is 2. The van der Waals surface area contributed by atoms with E-state index in [2.05, 4.69) is 23.6 Å². The highest BCUT2D eigenvalue weighted by molar-refractivity contribution is 7.07. The fourth-order valence-corrected chi connectivity index (χ4v) is 6.69. The molecular weight excluding hydrogens is 522 g/mol. The molecule has 40 heavy (non-hydrogen) atoms. The number of para-hydroxylation sites is 1. The van der Waals surface area contributed by atoms with Crippen LogP contribution in [-0.4, -0.2) is 28.8 Å². The first-order chi connectivity index (χ1) is 19.3. The molecule has 1 aliphatic heterocycles. The van der Waals surface area contributed by atoms with E-state index in [-0.39, 0.29) is 12.2 Å². The van der Waals surface area contributed by atoms with Crippen LogP contribution in [0.2, 0.25) is 0 Å². The van der Waals surface area contributed by atoms with Gasteiger partial charge in [0.05, 0.1) is 29.5 Å². The zero-order chi connectivity index (χ0) is 28.1. The number of aryl methyl sites for hydroxylation is 1. The second-order valence-electron chi connectivity index (χ2n) is 9.78. The topological polar surface area (TPSA) is 74.8 Å². The molecule has 0 saturated heterocycles. The van der Waals surface area contributed by atoms with E-state index in [1.165, 1.54) is 11.3 Å². The summed E-state index contributed by atoms with van der Waals surface area (Å²) in [7, 11) is 3.62. The number of allylic oxidation sites excluding steroid dienone is 1. The van der Waals surface area contributed by atoms with Gasteiger partial charge in [0.15, 0.2) is 4.80 Å². The summed E-state index contributed by atoms with van der Waals surface area (Å²) < 4.78 is 15.6. The van der Waals surface area contributed by atoms with Crippen molar-refractivity contribution in [2.24, 2.45) is 12.0 Å². The summed E-state index contributed by atoms with van der Waals surface area (Å²) in [5.74, 6) is 0.0857. The zero-order valence-corrected chi connectivity index (χ0v) is 23.8. The van der Waals surface area contributed by atoms with Gasteiger partial charge in [0.1, 0.15) is 11.8 Å². The SMILES string of the molecule is CCOC(=O)C1=C(C)N=c2s/c(=C\c3c(C)n(C)c4ccccc34)c(=O)n2[C@H]1c1c(OC)ccc2ccccc12. The Kier molecular flexibility index (Phi) is 6.43. The molecule has 0 unspecified atom stereocenters. The molecule has 2 aromatic heterocycles. The Morgan fingerprint density at radius 1 is 1.05 bits per heavy atom. The Hall–Kier alpha value is -4.43. The molecule has 0 amide bonds. The molecule has 3 heterocycles. The number of aromatic nitrogens is 2. The normalized spacial score (nSPS) is 15.4. The first-order valence-electron chi connectivity index (χ1n) is 13.1. The second-order valence-corrected chi connectivity index (χ2v) is 10.8. The Balaban J connectivity index is 1.69. The summed E-state index contributed by atoms with van der Waals surface area (Å²) in [6.45, 7) is 5.82. The Morgan fingerprint density at radius 2 is 1.77 bits per heavy atom. The summed E-state index contributed by atoms with van der Waals surface area (Å²) in [6.07, 6.45) is 1.95. The molecule has 5 aromatic rings. The maximum Gasteiger partial charge on any atom is 0.338 e. The van der Waals surface area contributed by atoms with Gasteiger partial charge in [-0.15, -0.1) is 0 Å². The van der Waals surface area contributed by atoms with Crippen molar-refractivity contribution in [1.82, 2.24) is 9.13 Å². The lowest BCUT2D eigenvalue weighted by Crippen LogP contribution is -2.40. The van der Waals surface area contributed by atoms with Gasteiger partial charge < -0.3 is 14.0 Å². The van der Waals surface area contributed by atoms with E-state index in [4.69, 9.17) is 14.5 Å². The highest BCUT2D eigenvalue weighted by atomic mass is 32.1. The van der Waals surface area contributed by atoms with Gasteiger partial charge in [-0.25, -0.2) is 9.79 Å². The molecule has 0 aliphatic carbocycles. The van der Waals surface area contributed by atoms with Gasteiger partial charge in [0.25, 0.3) is 5.56 Å². The van der Waals surface area contributed by atoms with Crippen molar-refractivity contribution in [2.45, 2.75) is 26.8 Å². The van der Waals surface area contributed by atoms with Crippen molar-refractivity contribution in [2.75, 3.05) is 13.7 Å². The molecule has 0 spiro atoms. The minimum absolute atomic E-state index is 0.208. The highest BCUT2D eigenvalue weighted by Gasteiger charge is 2.36. The van der Waals surface area contributed by atoms with Gasteiger partial charge in [-0.2, -0.15) is 0 Å². The monoisotopic (exact) mass is 551 g/mol. The molecule has 0 bridgehead atoms. The molecule has 0 radical (unpaired) electrons. The maximum absolute atomic E-state index is 14.3. The standard InChI is InChI=1S/C32H29N3O4S/c1-6-39-31(37)27-18(2)33-32-35(29(27)28-21-12-8-7-11-20(21)15-16-25(28)38-5)30(36)26(40-32)17-23-19(3)34(4)24-14-10-9-13-22(23)24/h7-17,29H,6H2,1-5H3/b26-17-/t29-/m1/s1. The third kappa shape index (κ3) is 3.90. The number of methoxy groups -OCH3 is 1. The van der Waals surface area contributed by atoms with E-state index >= 15 is 0 Å².